The van der Waals surface area contributed by atoms with Crippen LogP contribution in [0, 0.1) is 5.82 Å². The first kappa shape index (κ1) is 12.2. The van der Waals surface area contributed by atoms with Gasteiger partial charge in [0.2, 0.25) is 0 Å². The number of carbonyl (C=O) groups is 1. The van der Waals surface area contributed by atoms with Crippen LogP contribution >= 0.6 is 23.2 Å². The van der Waals surface area contributed by atoms with E-state index in [9.17, 15) is 9.18 Å². The van der Waals surface area contributed by atoms with Crippen molar-refractivity contribution in [3.05, 3.63) is 33.6 Å². The van der Waals surface area contributed by atoms with Gasteiger partial charge in [0, 0.05) is 12.0 Å². The van der Waals surface area contributed by atoms with E-state index in [4.69, 9.17) is 34.0 Å². The van der Waals surface area contributed by atoms with Crippen LogP contribution < -0.4 is 5.73 Å². The number of nitrogens with two attached hydrogens (primary N) is 1. The van der Waals surface area contributed by atoms with Crippen molar-refractivity contribution in [1.82, 2.24) is 0 Å². The smallest absolute Gasteiger partial charge is 0.320 e. The summed E-state index contributed by atoms with van der Waals surface area (Å²) in [5.41, 5.74) is 5.30. The maximum atomic E-state index is 13.3. The third-order valence-corrected chi connectivity index (χ3v) is 2.72. The van der Waals surface area contributed by atoms with Crippen molar-refractivity contribution in [2.75, 3.05) is 0 Å². The summed E-state index contributed by atoms with van der Waals surface area (Å²) >= 11 is 11.4. The maximum absolute atomic E-state index is 13.3. The van der Waals surface area contributed by atoms with Crippen molar-refractivity contribution in [2.24, 2.45) is 5.73 Å². The molecule has 0 aliphatic heterocycles. The molecule has 0 bridgehead atoms. The number of carboxylic acids is 1. The highest BCUT2D eigenvalue weighted by atomic mass is 35.5. The van der Waals surface area contributed by atoms with Crippen LogP contribution in [-0.2, 0) is 11.2 Å². The molecule has 0 radical (unpaired) electrons. The Morgan fingerprint density at radius 2 is 2.13 bits per heavy atom. The van der Waals surface area contributed by atoms with Crippen LogP contribution in [-0.4, -0.2) is 17.1 Å². The van der Waals surface area contributed by atoms with Crippen molar-refractivity contribution >= 4 is 29.2 Å². The SMILES string of the molecule is N[C@H](Cc1c(F)ccc(Cl)c1Cl)C(=O)O. The van der Waals surface area contributed by atoms with E-state index in [2.05, 4.69) is 0 Å². The zero-order valence-corrected chi connectivity index (χ0v) is 9.02. The summed E-state index contributed by atoms with van der Waals surface area (Å²) in [5.74, 6) is -1.83. The lowest BCUT2D eigenvalue weighted by Gasteiger charge is -2.10. The van der Waals surface area contributed by atoms with Gasteiger partial charge in [-0.1, -0.05) is 23.2 Å². The first-order valence-corrected chi connectivity index (χ1v) is 4.80. The zero-order chi connectivity index (χ0) is 11.6. The third-order valence-electron chi connectivity index (χ3n) is 1.88. The van der Waals surface area contributed by atoms with Crippen LogP contribution in [0.25, 0.3) is 0 Å². The highest BCUT2D eigenvalue weighted by molar-refractivity contribution is 6.42. The second kappa shape index (κ2) is 4.79. The number of hydrogen-bond donors (Lipinski definition) is 2. The number of carboxylic acid groups (broad SMARTS) is 1. The lowest BCUT2D eigenvalue weighted by atomic mass is 10.1. The molecular formula is C9H8Cl2FNO2. The predicted octanol–water partition coefficient (Wildman–Crippen LogP) is 2.09. The Morgan fingerprint density at radius 3 is 2.67 bits per heavy atom. The number of rotatable bonds is 3. The molecule has 0 aromatic heterocycles. The summed E-state index contributed by atoms with van der Waals surface area (Å²) in [7, 11) is 0. The number of benzene rings is 1. The molecular weight excluding hydrogens is 244 g/mol. The summed E-state index contributed by atoms with van der Waals surface area (Å²) in [5, 5.41) is 8.75. The maximum Gasteiger partial charge on any atom is 0.320 e. The summed E-state index contributed by atoms with van der Waals surface area (Å²) < 4.78 is 13.3. The fourth-order valence-corrected chi connectivity index (χ4v) is 1.47. The standard InChI is InChI=1S/C9H8Cl2FNO2/c10-5-1-2-6(12)4(8(5)11)3-7(13)9(14)15/h1-2,7H,3,13H2,(H,14,15)/t7-/m1/s1. The van der Waals surface area contributed by atoms with Gasteiger partial charge in [-0.3, -0.25) is 4.79 Å². The van der Waals surface area contributed by atoms with E-state index in [-0.39, 0.29) is 22.0 Å². The second-order valence-electron chi connectivity index (χ2n) is 2.97. The van der Waals surface area contributed by atoms with Gasteiger partial charge in [-0.15, -0.1) is 0 Å². The van der Waals surface area contributed by atoms with Crippen LogP contribution in [0.4, 0.5) is 4.39 Å². The summed E-state index contributed by atoms with van der Waals surface area (Å²) in [6, 6.07) is 1.23. The largest absolute Gasteiger partial charge is 0.480 e. The van der Waals surface area contributed by atoms with Gasteiger partial charge in [0.1, 0.15) is 11.9 Å². The topological polar surface area (TPSA) is 63.3 Å². The zero-order valence-electron chi connectivity index (χ0n) is 7.51. The molecule has 0 saturated carbocycles. The van der Waals surface area contributed by atoms with Gasteiger partial charge in [0.05, 0.1) is 10.0 Å². The van der Waals surface area contributed by atoms with Gasteiger partial charge in [-0.25, -0.2) is 4.39 Å². The van der Waals surface area contributed by atoms with Gasteiger partial charge in [0.25, 0.3) is 0 Å². The molecule has 0 fully saturated rings. The van der Waals surface area contributed by atoms with E-state index in [0.29, 0.717) is 0 Å². The Kier molecular flexibility index (Phi) is 3.90. The van der Waals surface area contributed by atoms with Crippen molar-refractivity contribution in [3.63, 3.8) is 0 Å². The summed E-state index contributed by atoms with van der Waals surface area (Å²) in [6.45, 7) is 0. The molecule has 0 unspecified atom stereocenters. The average molecular weight is 252 g/mol. The number of hydrogen-bond acceptors (Lipinski definition) is 2. The van der Waals surface area contributed by atoms with Crippen molar-refractivity contribution < 1.29 is 14.3 Å². The Balaban J connectivity index is 3.03. The van der Waals surface area contributed by atoms with Gasteiger partial charge in [-0.2, -0.15) is 0 Å². The molecule has 82 valence electrons. The predicted molar refractivity (Wildman–Crippen MR) is 55.7 cm³/mol. The highest BCUT2D eigenvalue weighted by Crippen LogP contribution is 2.28. The van der Waals surface area contributed by atoms with Gasteiger partial charge in [0.15, 0.2) is 0 Å². The first-order valence-electron chi connectivity index (χ1n) is 4.04. The molecule has 1 rings (SSSR count). The van der Waals surface area contributed by atoms with E-state index in [1.807, 2.05) is 0 Å². The normalized spacial score (nSPS) is 12.5. The first-order chi connectivity index (χ1) is 6.93. The highest BCUT2D eigenvalue weighted by Gasteiger charge is 2.18. The van der Waals surface area contributed by atoms with E-state index >= 15 is 0 Å². The quantitative estimate of drug-likeness (QED) is 0.809. The monoisotopic (exact) mass is 251 g/mol. The van der Waals surface area contributed by atoms with Gasteiger partial charge in [-0.05, 0) is 12.1 Å². The van der Waals surface area contributed by atoms with Crippen molar-refractivity contribution in [2.45, 2.75) is 12.5 Å². The minimum Gasteiger partial charge on any atom is -0.480 e. The molecule has 15 heavy (non-hydrogen) atoms. The second-order valence-corrected chi connectivity index (χ2v) is 3.76. The van der Waals surface area contributed by atoms with Crippen LogP contribution in [0.15, 0.2) is 12.1 Å². The summed E-state index contributed by atoms with van der Waals surface area (Å²) in [6.07, 6.45) is -0.194. The van der Waals surface area contributed by atoms with E-state index in [0.717, 1.165) is 6.07 Å². The molecule has 0 amide bonds. The van der Waals surface area contributed by atoms with Gasteiger partial charge >= 0.3 is 5.97 Å². The Morgan fingerprint density at radius 1 is 1.53 bits per heavy atom. The molecule has 0 heterocycles. The Bertz CT molecular complexity index is 398. The minimum atomic E-state index is -1.22. The molecule has 0 spiro atoms. The fourth-order valence-electron chi connectivity index (χ4n) is 1.06. The third kappa shape index (κ3) is 2.81. The summed E-state index contributed by atoms with van der Waals surface area (Å²) in [4.78, 5) is 10.5. The van der Waals surface area contributed by atoms with E-state index in [1.165, 1.54) is 6.07 Å². The van der Waals surface area contributed by atoms with Crippen LogP contribution in [0.5, 0.6) is 0 Å². The molecule has 3 N–H and O–H groups in total. The van der Waals surface area contributed by atoms with Crippen LogP contribution in [0.1, 0.15) is 5.56 Å². The molecule has 6 heteroatoms. The van der Waals surface area contributed by atoms with Crippen molar-refractivity contribution in [1.29, 1.82) is 0 Å². The van der Waals surface area contributed by atoms with Crippen LogP contribution in [0.2, 0.25) is 10.0 Å². The lowest BCUT2D eigenvalue weighted by Crippen LogP contribution is -2.32. The van der Waals surface area contributed by atoms with Gasteiger partial charge < -0.3 is 10.8 Å². The molecule has 1 aromatic rings. The Labute approximate surface area is 95.6 Å². The van der Waals surface area contributed by atoms with Crippen LogP contribution in [0.3, 0.4) is 0 Å². The molecule has 0 aliphatic carbocycles. The van der Waals surface area contributed by atoms with E-state index < -0.39 is 17.8 Å². The minimum absolute atomic E-state index is 0.00775. The number of halogens is 3. The average Bonchev–Trinajstić information content (AvgIpc) is 2.18. The van der Waals surface area contributed by atoms with E-state index in [1.54, 1.807) is 0 Å². The number of aliphatic carboxylic acids is 1. The molecule has 1 aromatic carbocycles. The van der Waals surface area contributed by atoms with Crippen molar-refractivity contribution in [3.8, 4) is 0 Å². The molecule has 1 atom stereocenters. The molecule has 0 aliphatic rings. The fraction of sp³-hybridized carbons (Fsp3) is 0.222. The lowest BCUT2D eigenvalue weighted by molar-refractivity contribution is -0.138. The molecule has 3 nitrogen and oxygen atoms in total. The Hall–Kier alpha value is -0.840. The molecule has 0 saturated heterocycles.